The molecular weight excluding hydrogens is 288 g/mol. The van der Waals surface area contributed by atoms with Gasteiger partial charge in [-0.05, 0) is 37.5 Å². The number of aryl methyl sites for hydroxylation is 1. The van der Waals surface area contributed by atoms with Gasteiger partial charge in [0.25, 0.3) is 0 Å². The number of rotatable bonds is 8. The van der Waals surface area contributed by atoms with Crippen molar-refractivity contribution < 1.29 is 9.53 Å². The number of nitrogens with two attached hydrogens (primary N) is 1. The highest BCUT2D eigenvalue weighted by Crippen LogP contribution is 2.24. The molecule has 0 saturated heterocycles. The summed E-state index contributed by atoms with van der Waals surface area (Å²) in [5.41, 5.74) is 6.47. The summed E-state index contributed by atoms with van der Waals surface area (Å²) >= 11 is 0. The van der Waals surface area contributed by atoms with Crippen LogP contribution in [0.3, 0.4) is 0 Å². The first kappa shape index (κ1) is 19.7. The topological polar surface area (TPSA) is 64.4 Å². The zero-order chi connectivity index (χ0) is 15.0. The Kier molecular flexibility index (Phi) is 9.06. The van der Waals surface area contributed by atoms with Crippen molar-refractivity contribution in [3.8, 4) is 5.75 Å². The average molecular weight is 315 g/mol. The van der Waals surface area contributed by atoms with Crippen molar-refractivity contribution in [2.45, 2.75) is 33.6 Å². The monoisotopic (exact) mass is 314 g/mol. The average Bonchev–Trinajstić information content (AvgIpc) is 2.46. The van der Waals surface area contributed by atoms with E-state index in [1.807, 2.05) is 45.0 Å². The lowest BCUT2D eigenvalue weighted by Gasteiger charge is -2.28. The van der Waals surface area contributed by atoms with Crippen molar-refractivity contribution in [1.29, 1.82) is 0 Å². The Morgan fingerprint density at radius 2 is 2.00 bits per heavy atom. The molecule has 0 atom stereocenters. The first-order valence-electron chi connectivity index (χ1n) is 7.25. The molecule has 0 radical (unpaired) electrons. The summed E-state index contributed by atoms with van der Waals surface area (Å²) in [5.74, 6) is 0.855. The molecule has 0 aromatic heterocycles. The number of halogens is 1. The van der Waals surface area contributed by atoms with E-state index in [1.165, 1.54) is 0 Å². The van der Waals surface area contributed by atoms with Gasteiger partial charge in [0, 0.05) is 6.54 Å². The van der Waals surface area contributed by atoms with Crippen LogP contribution in [0.15, 0.2) is 24.3 Å². The largest absolute Gasteiger partial charge is 0.492 e. The molecule has 0 fully saturated rings. The molecule has 0 saturated carbocycles. The number of ether oxygens (including phenoxy) is 1. The minimum absolute atomic E-state index is 0. The van der Waals surface area contributed by atoms with E-state index in [-0.39, 0.29) is 18.3 Å². The van der Waals surface area contributed by atoms with Crippen LogP contribution in [0, 0.1) is 12.3 Å². The van der Waals surface area contributed by atoms with Crippen LogP contribution in [0.4, 0.5) is 0 Å². The third-order valence-electron chi connectivity index (χ3n) is 3.87. The van der Waals surface area contributed by atoms with Crippen LogP contribution in [0.5, 0.6) is 5.75 Å². The van der Waals surface area contributed by atoms with Gasteiger partial charge in [0.15, 0.2) is 0 Å². The molecule has 3 N–H and O–H groups in total. The molecule has 0 heterocycles. The normalized spacial score (nSPS) is 10.7. The molecule has 21 heavy (non-hydrogen) atoms. The predicted molar refractivity (Wildman–Crippen MR) is 89.0 cm³/mol. The predicted octanol–water partition coefficient (Wildman–Crippen LogP) is 2.68. The van der Waals surface area contributed by atoms with Gasteiger partial charge in [0.2, 0.25) is 5.91 Å². The summed E-state index contributed by atoms with van der Waals surface area (Å²) in [6.07, 6.45) is 1.51. The van der Waals surface area contributed by atoms with Crippen molar-refractivity contribution in [2.24, 2.45) is 11.1 Å². The van der Waals surface area contributed by atoms with Crippen molar-refractivity contribution in [3.63, 3.8) is 0 Å². The number of hydrogen-bond acceptors (Lipinski definition) is 3. The lowest BCUT2D eigenvalue weighted by atomic mass is 9.81. The Morgan fingerprint density at radius 1 is 1.33 bits per heavy atom. The summed E-state index contributed by atoms with van der Waals surface area (Å²) in [5, 5.41) is 2.92. The molecule has 1 amide bonds. The van der Waals surface area contributed by atoms with Gasteiger partial charge in [0.1, 0.15) is 12.4 Å². The molecule has 0 aliphatic rings. The van der Waals surface area contributed by atoms with Gasteiger partial charge in [0.05, 0.1) is 12.0 Å². The van der Waals surface area contributed by atoms with E-state index in [0.717, 1.165) is 24.2 Å². The third kappa shape index (κ3) is 5.56. The quantitative estimate of drug-likeness (QED) is 0.725. The highest BCUT2D eigenvalue weighted by molar-refractivity contribution is 5.85. The molecular formula is C16H27ClN2O2. The second-order valence-electron chi connectivity index (χ2n) is 5.11. The standard InChI is InChI=1S/C16H26N2O2.ClH/c1-4-16(5-2,12-17)15(19)18-9-10-20-14-8-6-7-13(3)11-14;/h6-8,11H,4-5,9-10,12,17H2,1-3H3,(H,18,19);1H. The van der Waals surface area contributed by atoms with Gasteiger partial charge in [-0.2, -0.15) is 0 Å². The number of nitrogens with one attached hydrogen (secondary N) is 1. The van der Waals surface area contributed by atoms with E-state index in [9.17, 15) is 4.79 Å². The minimum atomic E-state index is -0.441. The van der Waals surface area contributed by atoms with E-state index < -0.39 is 5.41 Å². The van der Waals surface area contributed by atoms with Crippen LogP contribution in [-0.2, 0) is 4.79 Å². The smallest absolute Gasteiger partial charge is 0.227 e. The molecule has 1 rings (SSSR count). The fourth-order valence-electron chi connectivity index (χ4n) is 2.18. The maximum absolute atomic E-state index is 12.2. The van der Waals surface area contributed by atoms with E-state index in [4.69, 9.17) is 10.5 Å². The summed E-state index contributed by atoms with van der Waals surface area (Å²) in [6, 6.07) is 7.87. The third-order valence-corrected chi connectivity index (χ3v) is 3.87. The van der Waals surface area contributed by atoms with E-state index in [0.29, 0.717) is 19.7 Å². The number of benzene rings is 1. The lowest BCUT2D eigenvalue weighted by Crippen LogP contribution is -2.46. The van der Waals surface area contributed by atoms with Gasteiger partial charge < -0.3 is 15.8 Å². The highest BCUT2D eigenvalue weighted by atomic mass is 35.5. The summed E-state index contributed by atoms with van der Waals surface area (Å²) in [7, 11) is 0. The Labute approximate surface area is 133 Å². The summed E-state index contributed by atoms with van der Waals surface area (Å²) in [6.45, 7) is 7.35. The van der Waals surface area contributed by atoms with Crippen molar-refractivity contribution in [2.75, 3.05) is 19.7 Å². The first-order chi connectivity index (χ1) is 9.57. The van der Waals surface area contributed by atoms with Crippen LogP contribution >= 0.6 is 12.4 Å². The molecule has 1 aromatic rings. The van der Waals surface area contributed by atoms with Crippen LogP contribution in [0.1, 0.15) is 32.3 Å². The van der Waals surface area contributed by atoms with Crippen LogP contribution in [0.25, 0.3) is 0 Å². The second-order valence-corrected chi connectivity index (χ2v) is 5.11. The molecule has 0 aliphatic carbocycles. The van der Waals surface area contributed by atoms with Gasteiger partial charge >= 0.3 is 0 Å². The van der Waals surface area contributed by atoms with Crippen LogP contribution in [0.2, 0.25) is 0 Å². The van der Waals surface area contributed by atoms with Crippen molar-refractivity contribution in [1.82, 2.24) is 5.32 Å². The van der Waals surface area contributed by atoms with Crippen molar-refractivity contribution >= 4 is 18.3 Å². The van der Waals surface area contributed by atoms with Crippen LogP contribution in [-0.4, -0.2) is 25.6 Å². The van der Waals surface area contributed by atoms with E-state index in [1.54, 1.807) is 0 Å². The second kappa shape index (κ2) is 9.64. The minimum Gasteiger partial charge on any atom is -0.492 e. The number of carbonyl (C=O) groups is 1. The molecule has 120 valence electrons. The SMILES string of the molecule is CCC(CC)(CN)C(=O)NCCOc1cccc(C)c1.Cl. The molecule has 0 spiro atoms. The fraction of sp³-hybridized carbons (Fsp3) is 0.562. The molecule has 5 heteroatoms. The zero-order valence-electron chi connectivity index (χ0n) is 13.1. The fourth-order valence-corrected chi connectivity index (χ4v) is 2.18. The number of carbonyl (C=O) groups excluding carboxylic acids is 1. The Morgan fingerprint density at radius 3 is 2.52 bits per heavy atom. The number of amides is 1. The molecule has 0 bridgehead atoms. The maximum Gasteiger partial charge on any atom is 0.227 e. The van der Waals surface area contributed by atoms with Crippen molar-refractivity contribution in [3.05, 3.63) is 29.8 Å². The Bertz CT molecular complexity index is 426. The summed E-state index contributed by atoms with van der Waals surface area (Å²) < 4.78 is 5.60. The van der Waals surface area contributed by atoms with E-state index in [2.05, 4.69) is 5.32 Å². The van der Waals surface area contributed by atoms with Gasteiger partial charge in [-0.3, -0.25) is 4.79 Å². The maximum atomic E-state index is 12.2. The van der Waals surface area contributed by atoms with Gasteiger partial charge in [-0.25, -0.2) is 0 Å². The molecule has 1 aromatic carbocycles. The molecule has 0 aliphatic heterocycles. The summed E-state index contributed by atoms with van der Waals surface area (Å²) in [4.78, 5) is 12.2. The first-order valence-corrected chi connectivity index (χ1v) is 7.25. The zero-order valence-corrected chi connectivity index (χ0v) is 14.0. The highest BCUT2D eigenvalue weighted by Gasteiger charge is 2.32. The van der Waals surface area contributed by atoms with Gasteiger partial charge in [-0.15, -0.1) is 12.4 Å². The van der Waals surface area contributed by atoms with E-state index >= 15 is 0 Å². The Balaban J connectivity index is 0.00000400. The Hall–Kier alpha value is -1.26. The van der Waals surface area contributed by atoms with Crippen LogP contribution < -0.4 is 15.8 Å². The molecule has 4 nitrogen and oxygen atoms in total. The lowest BCUT2D eigenvalue weighted by molar-refractivity contribution is -0.131. The van der Waals surface area contributed by atoms with Gasteiger partial charge in [-0.1, -0.05) is 26.0 Å². The number of hydrogen-bond donors (Lipinski definition) is 2. The molecule has 0 unspecified atom stereocenters.